The zero-order valence-electron chi connectivity index (χ0n) is 15.2. The Kier molecular flexibility index (Phi) is 5.73. The largest absolute Gasteiger partial charge is 0.465 e. The van der Waals surface area contributed by atoms with Crippen LogP contribution in [0.25, 0.3) is 10.9 Å². The number of fused-ring (bicyclic) bond motifs is 1. The van der Waals surface area contributed by atoms with Crippen molar-refractivity contribution in [2.75, 3.05) is 31.5 Å². The van der Waals surface area contributed by atoms with Gasteiger partial charge in [0.1, 0.15) is 0 Å². The van der Waals surface area contributed by atoms with Crippen molar-refractivity contribution in [1.82, 2.24) is 4.57 Å². The van der Waals surface area contributed by atoms with E-state index in [9.17, 15) is 9.59 Å². The normalized spacial score (nSPS) is 10.6. The molecule has 7 nitrogen and oxygen atoms in total. The van der Waals surface area contributed by atoms with Gasteiger partial charge in [-0.1, -0.05) is 30.3 Å². The molecule has 0 fully saturated rings. The summed E-state index contributed by atoms with van der Waals surface area (Å²) in [5.74, 6) is -0.512. The molecule has 7 heteroatoms. The van der Waals surface area contributed by atoms with Crippen LogP contribution in [0.4, 0.5) is 16.2 Å². The van der Waals surface area contributed by atoms with Gasteiger partial charge in [-0.25, -0.2) is 9.59 Å². The number of rotatable bonds is 6. The first kappa shape index (κ1) is 18.5. The van der Waals surface area contributed by atoms with Gasteiger partial charge in [0, 0.05) is 25.2 Å². The second-order valence-corrected chi connectivity index (χ2v) is 5.86. The van der Waals surface area contributed by atoms with Crippen molar-refractivity contribution >= 4 is 34.3 Å². The maximum absolute atomic E-state index is 12.5. The van der Waals surface area contributed by atoms with Gasteiger partial charge in [0.25, 0.3) is 0 Å². The van der Waals surface area contributed by atoms with Gasteiger partial charge in [-0.15, -0.1) is 0 Å². The molecule has 3 aromatic rings. The van der Waals surface area contributed by atoms with E-state index < -0.39 is 12.0 Å². The third-order valence-electron chi connectivity index (χ3n) is 4.15. The van der Waals surface area contributed by atoms with E-state index in [0.29, 0.717) is 24.5 Å². The van der Waals surface area contributed by atoms with Crippen LogP contribution in [0.2, 0.25) is 0 Å². The second kappa shape index (κ2) is 8.37. The molecule has 2 amide bonds. The summed E-state index contributed by atoms with van der Waals surface area (Å²) in [5, 5.41) is 6.48. The molecule has 0 aliphatic rings. The number of carbonyl (C=O) groups is 2. The fourth-order valence-electron chi connectivity index (χ4n) is 2.88. The van der Waals surface area contributed by atoms with E-state index in [1.54, 1.807) is 31.4 Å². The smallest absolute Gasteiger partial charge is 0.339 e. The molecule has 1 heterocycles. The van der Waals surface area contributed by atoms with Crippen LogP contribution >= 0.6 is 0 Å². The van der Waals surface area contributed by atoms with Gasteiger partial charge in [-0.05, 0) is 18.2 Å². The zero-order chi connectivity index (χ0) is 19.2. The molecule has 0 saturated heterocycles. The molecule has 140 valence electrons. The molecule has 0 saturated carbocycles. The fourth-order valence-corrected chi connectivity index (χ4v) is 2.88. The number of amides is 2. The summed E-state index contributed by atoms with van der Waals surface area (Å²) in [7, 11) is 2.95. The Labute approximate surface area is 156 Å². The van der Waals surface area contributed by atoms with Gasteiger partial charge >= 0.3 is 12.0 Å². The number of hydrogen-bond donors (Lipinski definition) is 2. The first-order valence-corrected chi connectivity index (χ1v) is 8.46. The predicted octanol–water partition coefficient (Wildman–Crippen LogP) is 3.72. The number of esters is 1. The number of nitrogens with one attached hydrogen (secondary N) is 2. The molecule has 0 atom stereocenters. The average Bonchev–Trinajstić information content (AvgIpc) is 3.03. The molecule has 0 spiro atoms. The van der Waals surface area contributed by atoms with Crippen LogP contribution < -0.4 is 10.6 Å². The average molecular weight is 367 g/mol. The lowest BCUT2D eigenvalue weighted by molar-refractivity contribution is 0.0602. The molecule has 2 N–H and O–H groups in total. The number of anilines is 2. The van der Waals surface area contributed by atoms with Crippen molar-refractivity contribution in [3.05, 3.63) is 60.3 Å². The van der Waals surface area contributed by atoms with Gasteiger partial charge in [0.05, 0.1) is 36.2 Å². The Morgan fingerprint density at radius 1 is 0.963 bits per heavy atom. The molecule has 0 unspecified atom stereocenters. The van der Waals surface area contributed by atoms with E-state index in [1.165, 1.54) is 7.11 Å². The minimum Gasteiger partial charge on any atom is -0.465 e. The van der Waals surface area contributed by atoms with Crippen LogP contribution in [0.5, 0.6) is 0 Å². The van der Waals surface area contributed by atoms with Crippen molar-refractivity contribution in [3.63, 3.8) is 0 Å². The number of ether oxygens (including phenoxy) is 2. The quantitative estimate of drug-likeness (QED) is 0.651. The molecule has 0 aliphatic carbocycles. The summed E-state index contributed by atoms with van der Waals surface area (Å²) in [5.41, 5.74) is 2.34. The predicted molar refractivity (Wildman–Crippen MR) is 104 cm³/mol. The summed E-state index contributed by atoms with van der Waals surface area (Å²) < 4.78 is 11.9. The summed E-state index contributed by atoms with van der Waals surface area (Å²) in [6.45, 7) is 1.24. The Morgan fingerprint density at radius 3 is 2.44 bits per heavy atom. The van der Waals surface area contributed by atoms with Crippen LogP contribution in [-0.4, -0.2) is 37.4 Å². The fraction of sp³-hybridized carbons (Fsp3) is 0.200. The molecule has 0 aliphatic heterocycles. The Hall–Kier alpha value is -3.32. The highest BCUT2D eigenvalue weighted by Gasteiger charge is 2.15. The summed E-state index contributed by atoms with van der Waals surface area (Å²) in [6.07, 6.45) is 1.87. The Morgan fingerprint density at radius 2 is 1.67 bits per heavy atom. The van der Waals surface area contributed by atoms with Crippen LogP contribution in [0.1, 0.15) is 10.4 Å². The van der Waals surface area contributed by atoms with Crippen molar-refractivity contribution in [1.29, 1.82) is 0 Å². The minimum atomic E-state index is -0.512. The van der Waals surface area contributed by atoms with E-state index in [2.05, 4.69) is 10.6 Å². The molecule has 3 rings (SSSR count). The number of carbonyl (C=O) groups excluding carboxylic acids is 2. The van der Waals surface area contributed by atoms with E-state index in [0.717, 1.165) is 10.9 Å². The molecule has 1 aromatic heterocycles. The van der Waals surface area contributed by atoms with Crippen LogP contribution in [0, 0.1) is 0 Å². The molecule has 0 bridgehead atoms. The lowest BCUT2D eigenvalue weighted by Crippen LogP contribution is -2.21. The number of methoxy groups -OCH3 is 2. The number of para-hydroxylation sites is 2. The third kappa shape index (κ3) is 4.09. The monoisotopic (exact) mass is 367 g/mol. The van der Waals surface area contributed by atoms with E-state index >= 15 is 0 Å². The Bertz CT molecular complexity index is 965. The molecule has 2 aromatic carbocycles. The van der Waals surface area contributed by atoms with Gasteiger partial charge in [-0.2, -0.15) is 0 Å². The number of nitrogens with zero attached hydrogens (tertiary/aromatic N) is 1. The van der Waals surface area contributed by atoms with E-state index in [4.69, 9.17) is 9.47 Å². The maximum Gasteiger partial charge on any atom is 0.339 e. The second-order valence-electron chi connectivity index (χ2n) is 5.86. The van der Waals surface area contributed by atoms with Crippen LogP contribution in [-0.2, 0) is 16.0 Å². The van der Waals surface area contributed by atoms with E-state index in [1.807, 2.05) is 35.0 Å². The van der Waals surface area contributed by atoms with Crippen molar-refractivity contribution in [2.24, 2.45) is 0 Å². The van der Waals surface area contributed by atoms with E-state index in [-0.39, 0.29) is 5.56 Å². The third-order valence-corrected chi connectivity index (χ3v) is 4.15. The minimum absolute atomic E-state index is 0.290. The first-order valence-electron chi connectivity index (χ1n) is 8.46. The Balaban J connectivity index is 1.82. The lowest BCUT2D eigenvalue weighted by atomic mass is 10.2. The molecular weight excluding hydrogens is 346 g/mol. The van der Waals surface area contributed by atoms with Gasteiger partial charge in [-0.3, -0.25) is 0 Å². The highest BCUT2D eigenvalue weighted by atomic mass is 16.5. The van der Waals surface area contributed by atoms with Crippen LogP contribution in [0.15, 0.2) is 54.7 Å². The number of urea groups is 1. The maximum atomic E-state index is 12.5. The standard InChI is InChI=1S/C20H21N3O4/c1-26-12-11-23-13-17(14-7-4-6-10-18(14)23)22-20(25)21-16-9-5-3-8-15(16)19(24)27-2/h3-10,13H,11-12H2,1-2H3,(H2,21,22,25). The van der Waals surface area contributed by atoms with Crippen molar-refractivity contribution in [2.45, 2.75) is 6.54 Å². The topological polar surface area (TPSA) is 81.6 Å². The van der Waals surface area contributed by atoms with Crippen molar-refractivity contribution < 1.29 is 19.1 Å². The number of aromatic nitrogens is 1. The van der Waals surface area contributed by atoms with Crippen LogP contribution in [0.3, 0.4) is 0 Å². The summed E-state index contributed by atoms with van der Waals surface area (Å²) >= 11 is 0. The highest BCUT2D eigenvalue weighted by Crippen LogP contribution is 2.26. The highest BCUT2D eigenvalue weighted by molar-refractivity contribution is 6.08. The summed E-state index contributed by atoms with van der Waals surface area (Å²) in [4.78, 5) is 24.3. The van der Waals surface area contributed by atoms with Gasteiger partial charge in [0.2, 0.25) is 0 Å². The molecule has 27 heavy (non-hydrogen) atoms. The first-order chi connectivity index (χ1) is 13.1. The lowest BCUT2D eigenvalue weighted by Gasteiger charge is -2.10. The summed E-state index contributed by atoms with van der Waals surface area (Å²) in [6, 6.07) is 14.0. The number of benzene rings is 2. The molecular formula is C20H21N3O4. The van der Waals surface area contributed by atoms with Crippen molar-refractivity contribution in [3.8, 4) is 0 Å². The molecule has 0 radical (unpaired) electrons. The number of hydrogen-bond acceptors (Lipinski definition) is 4. The van der Waals surface area contributed by atoms with Gasteiger partial charge in [0.15, 0.2) is 0 Å². The van der Waals surface area contributed by atoms with Gasteiger partial charge < -0.3 is 24.7 Å². The zero-order valence-corrected chi connectivity index (χ0v) is 15.2. The SMILES string of the molecule is COCCn1cc(NC(=O)Nc2ccccc2C(=O)OC)c2ccccc21.